The molecular formula is C24H26F3N5O8S. The van der Waals surface area contributed by atoms with E-state index in [9.17, 15) is 36.3 Å². The molecule has 17 heteroatoms. The summed E-state index contributed by atoms with van der Waals surface area (Å²) in [6, 6.07) is 11.5. The molecule has 2 aromatic carbocycles. The Labute approximate surface area is 231 Å². The lowest BCUT2D eigenvalue weighted by Gasteiger charge is -2.17. The zero-order valence-corrected chi connectivity index (χ0v) is 22.1. The fourth-order valence-electron chi connectivity index (χ4n) is 3.33. The first kappa shape index (κ1) is 32.7. The van der Waals surface area contributed by atoms with Crippen LogP contribution in [0.2, 0.25) is 0 Å². The SMILES string of the molecule is Cc1ccccc1S(=O)(=O)N[C@@H](CNC(=O)C[C@@H]1CC(c2ccc(C(=N)N)cc2)=NO1)C(=O)O.O=C(O)C(F)(F)F. The summed E-state index contributed by atoms with van der Waals surface area (Å²) in [4.78, 5) is 38.1. The van der Waals surface area contributed by atoms with E-state index in [0.717, 1.165) is 5.56 Å². The van der Waals surface area contributed by atoms with Crippen LogP contribution in [0.1, 0.15) is 29.5 Å². The predicted octanol–water partition coefficient (Wildman–Crippen LogP) is 1.34. The van der Waals surface area contributed by atoms with Crippen LogP contribution in [0.25, 0.3) is 0 Å². The molecule has 1 aliphatic rings. The number of halogens is 3. The Balaban J connectivity index is 0.000000745. The maximum absolute atomic E-state index is 12.6. The summed E-state index contributed by atoms with van der Waals surface area (Å²) in [6.45, 7) is 1.16. The van der Waals surface area contributed by atoms with Crippen molar-refractivity contribution < 1.29 is 51.0 Å². The van der Waals surface area contributed by atoms with Crippen molar-refractivity contribution in [3.63, 3.8) is 0 Å². The number of hydrogen-bond donors (Lipinski definition) is 6. The maximum Gasteiger partial charge on any atom is 0.490 e. The van der Waals surface area contributed by atoms with Crippen LogP contribution >= 0.6 is 0 Å². The maximum atomic E-state index is 12.6. The van der Waals surface area contributed by atoms with Crippen molar-refractivity contribution in [3.05, 3.63) is 65.2 Å². The molecule has 0 bridgehead atoms. The zero-order valence-electron chi connectivity index (χ0n) is 21.3. The fourth-order valence-corrected chi connectivity index (χ4v) is 4.77. The molecule has 0 aromatic heterocycles. The Bertz CT molecular complexity index is 1430. The average molecular weight is 602 g/mol. The van der Waals surface area contributed by atoms with Gasteiger partial charge in [-0.3, -0.25) is 15.0 Å². The number of nitrogens with two attached hydrogens (primary N) is 1. The van der Waals surface area contributed by atoms with Crippen LogP contribution in [-0.4, -0.2) is 72.9 Å². The number of amides is 1. The molecule has 0 fully saturated rings. The molecule has 7 N–H and O–H groups in total. The van der Waals surface area contributed by atoms with Gasteiger partial charge >= 0.3 is 18.1 Å². The first-order valence-electron chi connectivity index (χ1n) is 11.6. The number of hydrogen-bond acceptors (Lipinski definition) is 8. The Morgan fingerprint density at radius 1 is 1.15 bits per heavy atom. The summed E-state index contributed by atoms with van der Waals surface area (Å²) in [5.41, 5.74) is 7.88. The minimum absolute atomic E-state index is 0.0343. The van der Waals surface area contributed by atoms with E-state index < -0.39 is 52.7 Å². The van der Waals surface area contributed by atoms with E-state index in [0.29, 0.717) is 23.3 Å². The third-order valence-electron chi connectivity index (χ3n) is 5.40. The lowest BCUT2D eigenvalue weighted by atomic mass is 10.0. The van der Waals surface area contributed by atoms with Crippen LogP contribution < -0.4 is 15.8 Å². The molecule has 0 radical (unpaired) electrons. The summed E-state index contributed by atoms with van der Waals surface area (Å²) in [5, 5.41) is 30.4. The van der Waals surface area contributed by atoms with E-state index in [2.05, 4.69) is 15.2 Å². The largest absolute Gasteiger partial charge is 0.490 e. The van der Waals surface area contributed by atoms with Crippen molar-refractivity contribution in [2.75, 3.05) is 6.54 Å². The summed E-state index contributed by atoms with van der Waals surface area (Å²) in [7, 11) is -4.10. The number of rotatable bonds is 10. The third-order valence-corrected chi connectivity index (χ3v) is 7.03. The average Bonchev–Trinajstić information content (AvgIpc) is 3.34. The predicted molar refractivity (Wildman–Crippen MR) is 138 cm³/mol. The highest BCUT2D eigenvalue weighted by Crippen LogP contribution is 2.20. The molecule has 0 aliphatic carbocycles. The number of carboxylic acids is 2. The first-order chi connectivity index (χ1) is 19.0. The van der Waals surface area contributed by atoms with Crippen LogP contribution in [0, 0.1) is 12.3 Å². The topological polar surface area (TPSA) is 221 Å². The standard InChI is InChI=1S/C22H25N5O6S.C2HF3O2/c1-13-4-2-3-5-19(13)34(31,32)27-18(22(29)30)12-25-20(28)11-16-10-17(26-33-16)14-6-8-15(9-7-14)21(23)24;3-2(4,5)1(6)7/h2-9,16,18,27H,10-12H2,1H3,(H3,23,24)(H,25,28)(H,29,30);(H,6,7)/t16-,18-;/m0./s1. The second kappa shape index (κ2) is 13.7. The molecule has 0 spiro atoms. The number of aryl methyl sites for hydroxylation is 1. The Hall–Kier alpha value is -4.51. The van der Waals surface area contributed by atoms with Crippen LogP contribution in [0.4, 0.5) is 13.2 Å². The van der Waals surface area contributed by atoms with Gasteiger partial charge in [0.1, 0.15) is 18.0 Å². The van der Waals surface area contributed by atoms with Crippen molar-refractivity contribution in [3.8, 4) is 0 Å². The molecule has 41 heavy (non-hydrogen) atoms. The number of carboxylic acid groups (broad SMARTS) is 2. The molecule has 1 aliphatic heterocycles. The van der Waals surface area contributed by atoms with E-state index in [1.807, 2.05) is 0 Å². The molecule has 0 saturated carbocycles. The van der Waals surface area contributed by atoms with Gasteiger partial charge < -0.3 is 26.1 Å². The van der Waals surface area contributed by atoms with Gasteiger partial charge in [0.15, 0.2) is 0 Å². The van der Waals surface area contributed by atoms with E-state index in [4.69, 9.17) is 25.9 Å². The van der Waals surface area contributed by atoms with Gasteiger partial charge in [-0.2, -0.15) is 17.9 Å². The lowest BCUT2D eigenvalue weighted by molar-refractivity contribution is -0.192. The minimum Gasteiger partial charge on any atom is -0.480 e. The van der Waals surface area contributed by atoms with Crippen molar-refractivity contribution in [1.29, 1.82) is 5.41 Å². The number of alkyl halides is 3. The number of oxime groups is 1. The van der Waals surface area contributed by atoms with Gasteiger partial charge in [0.25, 0.3) is 0 Å². The number of sulfonamides is 1. The number of aliphatic carboxylic acids is 2. The number of nitrogens with zero attached hydrogens (tertiary/aromatic N) is 1. The summed E-state index contributed by atoms with van der Waals surface area (Å²) >= 11 is 0. The highest BCUT2D eigenvalue weighted by atomic mass is 32.2. The van der Waals surface area contributed by atoms with Crippen molar-refractivity contribution in [1.82, 2.24) is 10.0 Å². The normalized spacial score (nSPS) is 15.4. The van der Waals surface area contributed by atoms with E-state index >= 15 is 0 Å². The molecule has 0 saturated heterocycles. The lowest BCUT2D eigenvalue weighted by Crippen LogP contribution is -2.48. The summed E-state index contributed by atoms with van der Waals surface area (Å²) < 4.78 is 59.0. The summed E-state index contributed by atoms with van der Waals surface area (Å²) in [6.07, 6.45) is -5.36. The third kappa shape index (κ3) is 9.87. The molecule has 1 heterocycles. The molecule has 13 nitrogen and oxygen atoms in total. The van der Waals surface area contributed by atoms with E-state index in [-0.39, 0.29) is 17.2 Å². The van der Waals surface area contributed by atoms with Gasteiger partial charge in [-0.1, -0.05) is 47.6 Å². The number of nitrogens with one attached hydrogen (secondary N) is 3. The number of benzene rings is 2. The highest BCUT2D eigenvalue weighted by Gasteiger charge is 2.38. The highest BCUT2D eigenvalue weighted by molar-refractivity contribution is 7.89. The number of nitrogen functional groups attached to an aromatic ring is 1. The molecule has 222 valence electrons. The Morgan fingerprint density at radius 2 is 1.73 bits per heavy atom. The minimum atomic E-state index is -5.08. The molecular weight excluding hydrogens is 575 g/mol. The van der Waals surface area contributed by atoms with Crippen molar-refractivity contribution in [2.24, 2.45) is 10.9 Å². The van der Waals surface area contributed by atoms with Crippen LogP contribution in [0.5, 0.6) is 0 Å². The Morgan fingerprint density at radius 3 is 2.24 bits per heavy atom. The molecule has 3 rings (SSSR count). The molecule has 0 unspecified atom stereocenters. The fraction of sp³-hybridized carbons (Fsp3) is 0.292. The van der Waals surface area contributed by atoms with Crippen LogP contribution in [0.15, 0.2) is 58.6 Å². The van der Waals surface area contributed by atoms with Crippen molar-refractivity contribution >= 4 is 39.4 Å². The zero-order chi connectivity index (χ0) is 31.0. The van der Waals surface area contributed by atoms with Crippen LogP contribution in [0.3, 0.4) is 0 Å². The number of carbonyl (C=O) groups excluding carboxylic acids is 1. The smallest absolute Gasteiger partial charge is 0.480 e. The second-order valence-electron chi connectivity index (χ2n) is 8.55. The van der Waals surface area contributed by atoms with Gasteiger partial charge in [0.2, 0.25) is 15.9 Å². The number of amidine groups is 1. The quantitative estimate of drug-likeness (QED) is 0.171. The molecule has 2 aromatic rings. The molecule has 1 amide bonds. The van der Waals surface area contributed by atoms with E-state index in [1.54, 1.807) is 43.3 Å². The number of carbonyl (C=O) groups is 3. The van der Waals surface area contributed by atoms with Gasteiger partial charge in [0, 0.05) is 18.5 Å². The van der Waals surface area contributed by atoms with Crippen LogP contribution in [-0.2, 0) is 29.2 Å². The summed E-state index contributed by atoms with van der Waals surface area (Å²) in [5.74, 6) is -4.73. The molecule has 2 atom stereocenters. The second-order valence-corrected chi connectivity index (χ2v) is 10.2. The van der Waals surface area contributed by atoms with Gasteiger partial charge in [-0.05, 0) is 24.1 Å². The Kier molecular flexibility index (Phi) is 10.9. The monoisotopic (exact) mass is 601 g/mol. The first-order valence-corrected chi connectivity index (χ1v) is 13.0. The van der Waals surface area contributed by atoms with Gasteiger partial charge in [-0.25, -0.2) is 13.2 Å². The van der Waals surface area contributed by atoms with E-state index in [1.165, 1.54) is 12.1 Å². The van der Waals surface area contributed by atoms with Gasteiger partial charge in [0.05, 0.1) is 17.0 Å². The van der Waals surface area contributed by atoms with Crippen molar-refractivity contribution in [2.45, 2.75) is 43.0 Å². The van der Waals surface area contributed by atoms with Gasteiger partial charge in [-0.15, -0.1) is 0 Å².